The summed E-state index contributed by atoms with van der Waals surface area (Å²) in [5.74, 6) is -1.19. The van der Waals surface area contributed by atoms with Gasteiger partial charge in [0, 0.05) is 19.2 Å². The summed E-state index contributed by atoms with van der Waals surface area (Å²) in [4.78, 5) is 11.3. The second-order valence-electron chi connectivity index (χ2n) is 6.96. The number of ether oxygens (including phenoxy) is 1. The van der Waals surface area contributed by atoms with Gasteiger partial charge in [0.15, 0.2) is 0 Å². The molecule has 0 unspecified atom stereocenters. The van der Waals surface area contributed by atoms with Crippen molar-refractivity contribution >= 4 is 21.7 Å². The van der Waals surface area contributed by atoms with Gasteiger partial charge in [-0.05, 0) is 51.0 Å². The van der Waals surface area contributed by atoms with E-state index in [9.17, 15) is 18.3 Å². The smallest absolute Gasteiger partial charge is 0.335 e. The van der Waals surface area contributed by atoms with Crippen molar-refractivity contribution in [1.82, 2.24) is 4.72 Å². The number of sulfonamides is 1. The molecule has 0 bridgehead atoms. The highest BCUT2D eigenvalue weighted by Crippen LogP contribution is 2.27. The van der Waals surface area contributed by atoms with Crippen LogP contribution >= 0.6 is 0 Å². The second kappa shape index (κ2) is 10.4. The summed E-state index contributed by atoms with van der Waals surface area (Å²) in [5.41, 5.74) is 1.24. The molecule has 0 saturated heterocycles. The van der Waals surface area contributed by atoms with Gasteiger partial charge in [0.2, 0.25) is 10.0 Å². The van der Waals surface area contributed by atoms with Gasteiger partial charge in [-0.3, -0.25) is 0 Å². The first-order chi connectivity index (χ1) is 13.7. The van der Waals surface area contributed by atoms with Crippen LogP contribution in [0.4, 0.5) is 5.69 Å². The lowest BCUT2D eigenvalue weighted by molar-refractivity contribution is 0.0696. The third-order valence-electron chi connectivity index (χ3n) is 4.25. The van der Waals surface area contributed by atoms with Crippen LogP contribution in [0.1, 0.15) is 49.2 Å². The molecular weight excluding hydrogens is 392 g/mol. The van der Waals surface area contributed by atoms with Crippen molar-refractivity contribution in [3.63, 3.8) is 0 Å². The highest BCUT2D eigenvalue weighted by molar-refractivity contribution is 7.89. The zero-order valence-electron chi connectivity index (χ0n) is 16.9. The van der Waals surface area contributed by atoms with Crippen LogP contribution in [-0.4, -0.2) is 38.7 Å². The topological polar surface area (TPSA) is 105 Å². The number of rotatable bonds is 11. The van der Waals surface area contributed by atoms with Crippen molar-refractivity contribution in [2.24, 2.45) is 0 Å². The van der Waals surface area contributed by atoms with Crippen LogP contribution in [0, 0.1) is 0 Å². The summed E-state index contributed by atoms with van der Waals surface area (Å²) in [6.07, 6.45) is 0.591. The largest absolute Gasteiger partial charge is 0.478 e. The average Bonchev–Trinajstić information content (AvgIpc) is 2.68. The van der Waals surface area contributed by atoms with Gasteiger partial charge in [-0.25, -0.2) is 17.9 Å². The SMILES string of the molecule is CC(C)OCCCNS(=O)(=O)c1cc(C(=O)O)ccc1N[C@H](C)c1ccccc1. The van der Waals surface area contributed by atoms with Gasteiger partial charge in [-0.15, -0.1) is 0 Å². The van der Waals surface area contributed by atoms with E-state index in [0.717, 1.165) is 5.56 Å². The Kier molecular flexibility index (Phi) is 8.19. The number of hydrogen-bond donors (Lipinski definition) is 3. The van der Waals surface area contributed by atoms with Crippen molar-refractivity contribution in [3.8, 4) is 0 Å². The third-order valence-corrected chi connectivity index (χ3v) is 5.75. The quantitative estimate of drug-likeness (QED) is 0.479. The van der Waals surface area contributed by atoms with Gasteiger partial charge in [-0.2, -0.15) is 0 Å². The van der Waals surface area contributed by atoms with Gasteiger partial charge in [-0.1, -0.05) is 30.3 Å². The van der Waals surface area contributed by atoms with E-state index in [4.69, 9.17) is 4.74 Å². The fraction of sp³-hybridized carbons (Fsp3) is 0.381. The maximum Gasteiger partial charge on any atom is 0.335 e. The molecule has 0 radical (unpaired) electrons. The Hall–Kier alpha value is -2.42. The minimum Gasteiger partial charge on any atom is -0.478 e. The van der Waals surface area contributed by atoms with E-state index in [1.165, 1.54) is 18.2 Å². The standard InChI is InChI=1S/C21H28N2O5S/c1-15(2)28-13-7-12-22-29(26,27)20-14-18(21(24)25)10-11-19(20)23-16(3)17-8-5-4-6-9-17/h4-6,8-11,14-16,22-23H,7,12-13H2,1-3H3,(H,24,25)/t16-/m1/s1. The number of carboxylic acids is 1. The van der Waals surface area contributed by atoms with Crippen molar-refractivity contribution in [2.45, 2.75) is 44.2 Å². The molecule has 0 amide bonds. The van der Waals surface area contributed by atoms with Crippen molar-refractivity contribution in [3.05, 3.63) is 59.7 Å². The first kappa shape index (κ1) is 22.9. The molecule has 0 heterocycles. The van der Waals surface area contributed by atoms with E-state index >= 15 is 0 Å². The number of hydrogen-bond acceptors (Lipinski definition) is 5. The van der Waals surface area contributed by atoms with Crippen molar-refractivity contribution < 1.29 is 23.1 Å². The van der Waals surface area contributed by atoms with E-state index in [-0.39, 0.29) is 29.1 Å². The molecule has 2 rings (SSSR count). The molecule has 0 spiro atoms. The molecule has 7 nitrogen and oxygen atoms in total. The van der Waals surface area contributed by atoms with E-state index in [0.29, 0.717) is 18.7 Å². The Morgan fingerprint density at radius 3 is 2.41 bits per heavy atom. The molecule has 0 fully saturated rings. The van der Waals surface area contributed by atoms with Gasteiger partial charge in [0.25, 0.3) is 0 Å². The van der Waals surface area contributed by atoms with E-state index < -0.39 is 16.0 Å². The number of anilines is 1. The monoisotopic (exact) mass is 420 g/mol. The summed E-state index contributed by atoms with van der Waals surface area (Å²) in [5, 5.41) is 12.5. The van der Waals surface area contributed by atoms with E-state index in [1.54, 1.807) is 0 Å². The normalized spacial score (nSPS) is 12.7. The first-order valence-electron chi connectivity index (χ1n) is 9.51. The molecule has 2 aromatic carbocycles. The summed E-state index contributed by atoms with van der Waals surface area (Å²) in [6.45, 7) is 6.36. The number of nitrogens with one attached hydrogen (secondary N) is 2. The van der Waals surface area contributed by atoms with Gasteiger partial charge < -0.3 is 15.2 Å². The molecule has 0 aliphatic rings. The number of carbonyl (C=O) groups is 1. The summed E-state index contributed by atoms with van der Waals surface area (Å²) >= 11 is 0. The molecule has 0 aliphatic heterocycles. The summed E-state index contributed by atoms with van der Waals surface area (Å²) in [7, 11) is -3.91. The zero-order chi connectivity index (χ0) is 21.4. The Morgan fingerprint density at radius 1 is 1.10 bits per heavy atom. The van der Waals surface area contributed by atoms with Crippen LogP contribution < -0.4 is 10.0 Å². The predicted molar refractivity (Wildman–Crippen MR) is 113 cm³/mol. The third kappa shape index (κ3) is 6.85. The van der Waals surface area contributed by atoms with Crippen LogP contribution in [0.25, 0.3) is 0 Å². The number of benzene rings is 2. The predicted octanol–water partition coefficient (Wildman–Crippen LogP) is 3.65. The fourth-order valence-electron chi connectivity index (χ4n) is 2.73. The highest BCUT2D eigenvalue weighted by atomic mass is 32.2. The second-order valence-corrected chi connectivity index (χ2v) is 8.70. The Balaban J connectivity index is 2.22. The maximum absolute atomic E-state index is 12.9. The molecule has 29 heavy (non-hydrogen) atoms. The molecule has 158 valence electrons. The van der Waals surface area contributed by atoms with E-state index in [2.05, 4.69) is 10.0 Å². The molecule has 0 saturated carbocycles. The molecule has 0 aliphatic carbocycles. The van der Waals surface area contributed by atoms with Crippen LogP contribution in [0.3, 0.4) is 0 Å². The van der Waals surface area contributed by atoms with Crippen LogP contribution in [0.5, 0.6) is 0 Å². The molecular formula is C21H28N2O5S. The van der Waals surface area contributed by atoms with Crippen LogP contribution in [0.2, 0.25) is 0 Å². The molecule has 2 aromatic rings. The minimum atomic E-state index is -3.91. The minimum absolute atomic E-state index is 0.0779. The Labute approximate surface area is 172 Å². The van der Waals surface area contributed by atoms with Crippen molar-refractivity contribution in [2.75, 3.05) is 18.5 Å². The summed E-state index contributed by atoms with van der Waals surface area (Å²) < 4.78 is 33.7. The first-order valence-corrected chi connectivity index (χ1v) is 11.0. The fourth-order valence-corrected chi connectivity index (χ4v) is 4.00. The maximum atomic E-state index is 12.9. The lowest BCUT2D eigenvalue weighted by Crippen LogP contribution is -2.27. The van der Waals surface area contributed by atoms with Crippen LogP contribution in [0.15, 0.2) is 53.4 Å². The Bertz CT molecular complexity index is 914. The van der Waals surface area contributed by atoms with E-state index in [1.807, 2.05) is 51.1 Å². The summed E-state index contributed by atoms with van der Waals surface area (Å²) in [6, 6.07) is 13.5. The lowest BCUT2D eigenvalue weighted by Gasteiger charge is -2.19. The number of aromatic carboxylic acids is 1. The van der Waals surface area contributed by atoms with Crippen molar-refractivity contribution in [1.29, 1.82) is 0 Å². The molecule has 3 N–H and O–H groups in total. The lowest BCUT2D eigenvalue weighted by atomic mass is 10.1. The van der Waals surface area contributed by atoms with Crippen LogP contribution in [-0.2, 0) is 14.8 Å². The van der Waals surface area contributed by atoms with Gasteiger partial charge >= 0.3 is 5.97 Å². The molecule has 0 aromatic heterocycles. The zero-order valence-corrected chi connectivity index (χ0v) is 17.7. The molecule has 1 atom stereocenters. The highest BCUT2D eigenvalue weighted by Gasteiger charge is 2.21. The Morgan fingerprint density at radius 2 is 1.79 bits per heavy atom. The average molecular weight is 421 g/mol. The van der Waals surface area contributed by atoms with Gasteiger partial charge in [0.1, 0.15) is 4.90 Å². The molecule has 8 heteroatoms. The number of carboxylic acid groups (broad SMARTS) is 1. The van der Waals surface area contributed by atoms with Gasteiger partial charge in [0.05, 0.1) is 17.4 Å².